The minimum Gasteiger partial charge on any atom is -0.375 e. The number of H-pyrrole nitrogens is 1. The van der Waals surface area contributed by atoms with Gasteiger partial charge in [0.15, 0.2) is 0 Å². The summed E-state index contributed by atoms with van der Waals surface area (Å²) in [5.74, 6) is 0.0834. The molecule has 0 aliphatic rings. The molecule has 1 aromatic heterocycles. The SMILES string of the molecule is CN(C)c1ccc(CNc2nc3ccccc3c(=O)[nH]2)cc1F. The first-order valence-electron chi connectivity index (χ1n) is 7.23. The lowest BCUT2D eigenvalue weighted by Gasteiger charge is -2.14. The Hall–Kier alpha value is -2.89. The molecule has 0 saturated heterocycles. The van der Waals surface area contributed by atoms with Gasteiger partial charge in [-0.1, -0.05) is 18.2 Å². The molecule has 0 amide bonds. The lowest BCUT2D eigenvalue weighted by Crippen LogP contribution is -2.14. The molecule has 0 aliphatic heterocycles. The van der Waals surface area contributed by atoms with E-state index in [0.717, 1.165) is 5.56 Å². The van der Waals surface area contributed by atoms with Crippen LogP contribution < -0.4 is 15.8 Å². The van der Waals surface area contributed by atoms with Crippen LogP contribution >= 0.6 is 0 Å². The van der Waals surface area contributed by atoms with Gasteiger partial charge < -0.3 is 10.2 Å². The molecule has 6 heteroatoms. The minimum absolute atomic E-state index is 0.202. The third kappa shape index (κ3) is 3.15. The molecule has 3 aromatic rings. The lowest BCUT2D eigenvalue weighted by molar-refractivity contribution is 0.624. The van der Waals surface area contributed by atoms with Crippen LogP contribution in [0, 0.1) is 5.82 Å². The Morgan fingerprint density at radius 1 is 1.22 bits per heavy atom. The number of nitrogens with zero attached hydrogens (tertiary/aromatic N) is 2. The number of anilines is 2. The van der Waals surface area contributed by atoms with Gasteiger partial charge in [0, 0.05) is 20.6 Å². The predicted molar refractivity (Wildman–Crippen MR) is 90.4 cm³/mol. The average molecular weight is 312 g/mol. The molecule has 2 aromatic carbocycles. The van der Waals surface area contributed by atoms with Crippen LogP contribution in [-0.4, -0.2) is 24.1 Å². The first kappa shape index (κ1) is 15.0. The fourth-order valence-electron chi connectivity index (χ4n) is 2.38. The number of aromatic nitrogens is 2. The molecular formula is C17H17FN4O. The highest BCUT2D eigenvalue weighted by atomic mass is 19.1. The number of rotatable bonds is 4. The highest BCUT2D eigenvalue weighted by Crippen LogP contribution is 2.18. The van der Waals surface area contributed by atoms with E-state index in [2.05, 4.69) is 15.3 Å². The highest BCUT2D eigenvalue weighted by Gasteiger charge is 2.06. The Bertz CT molecular complexity index is 904. The van der Waals surface area contributed by atoms with Crippen molar-refractivity contribution in [1.29, 1.82) is 0 Å². The summed E-state index contributed by atoms with van der Waals surface area (Å²) in [6.45, 7) is 0.367. The molecule has 0 unspecified atom stereocenters. The van der Waals surface area contributed by atoms with E-state index >= 15 is 0 Å². The van der Waals surface area contributed by atoms with E-state index in [1.54, 1.807) is 43.3 Å². The van der Waals surface area contributed by atoms with Crippen molar-refractivity contribution in [3.05, 3.63) is 64.2 Å². The molecule has 0 radical (unpaired) electrons. The number of halogens is 1. The van der Waals surface area contributed by atoms with Crippen molar-refractivity contribution in [3.63, 3.8) is 0 Å². The standard InChI is InChI=1S/C17H17FN4O/c1-22(2)15-8-7-11(9-13(15)18)10-19-17-20-14-6-4-3-5-12(14)16(23)21-17/h3-9H,10H2,1-2H3,(H2,19,20,21,23). The molecular weight excluding hydrogens is 295 g/mol. The van der Waals surface area contributed by atoms with Crippen molar-refractivity contribution in [2.24, 2.45) is 0 Å². The Balaban J connectivity index is 1.81. The second kappa shape index (κ2) is 6.08. The van der Waals surface area contributed by atoms with Gasteiger partial charge in [-0.2, -0.15) is 0 Å². The van der Waals surface area contributed by atoms with Gasteiger partial charge in [-0.15, -0.1) is 0 Å². The maximum Gasteiger partial charge on any atom is 0.260 e. The number of hydrogen-bond donors (Lipinski definition) is 2. The van der Waals surface area contributed by atoms with Crippen LogP contribution in [0.5, 0.6) is 0 Å². The molecule has 0 fully saturated rings. The maximum atomic E-state index is 14.0. The monoisotopic (exact) mass is 312 g/mol. The van der Waals surface area contributed by atoms with Crippen LogP contribution in [0.3, 0.4) is 0 Å². The number of benzene rings is 2. The van der Waals surface area contributed by atoms with Gasteiger partial charge in [0.25, 0.3) is 5.56 Å². The number of aromatic amines is 1. The van der Waals surface area contributed by atoms with Gasteiger partial charge in [-0.3, -0.25) is 9.78 Å². The van der Waals surface area contributed by atoms with Crippen LogP contribution in [0.25, 0.3) is 10.9 Å². The van der Waals surface area contributed by atoms with E-state index in [1.807, 2.05) is 12.1 Å². The third-order valence-corrected chi connectivity index (χ3v) is 3.57. The van der Waals surface area contributed by atoms with Crippen molar-refractivity contribution in [2.45, 2.75) is 6.54 Å². The summed E-state index contributed by atoms with van der Waals surface area (Å²) in [5, 5.41) is 3.56. The van der Waals surface area contributed by atoms with Crippen molar-refractivity contribution < 1.29 is 4.39 Å². The third-order valence-electron chi connectivity index (χ3n) is 3.57. The molecule has 3 rings (SSSR count). The Labute approximate surface area is 132 Å². The van der Waals surface area contributed by atoms with Crippen molar-refractivity contribution in [3.8, 4) is 0 Å². The summed E-state index contributed by atoms with van der Waals surface area (Å²) >= 11 is 0. The Morgan fingerprint density at radius 2 is 2.00 bits per heavy atom. The Kier molecular flexibility index (Phi) is 3.97. The van der Waals surface area contributed by atoms with Crippen molar-refractivity contribution in [1.82, 2.24) is 9.97 Å². The largest absolute Gasteiger partial charge is 0.375 e. The van der Waals surface area contributed by atoms with Gasteiger partial charge >= 0.3 is 0 Å². The average Bonchev–Trinajstić information content (AvgIpc) is 2.53. The first-order valence-corrected chi connectivity index (χ1v) is 7.23. The number of hydrogen-bond acceptors (Lipinski definition) is 4. The second-order valence-corrected chi connectivity index (χ2v) is 5.47. The molecule has 118 valence electrons. The molecule has 1 heterocycles. The van der Waals surface area contributed by atoms with Crippen LogP contribution in [0.1, 0.15) is 5.56 Å². The molecule has 0 aliphatic carbocycles. The summed E-state index contributed by atoms with van der Waals surface area (Å²) in [7, 11) is 3.58. The predicted octanol–water partition coefficient (Wildman–Crippen LogP) is 2.74. The summed E-state index contributed by atoms with van der Waals surface area (Å²) in [6, 6.07) is 12.2. The van der Waals surface area contributed by atoms with E-state index < -0.39 is 0 Å². The van der Waals surface area contributed by atoms with Crippen molar-refractivity contribution in [2.75, 3.05) is 24.3 Å². The van der Waals surface area contributed by atoms with Crippen LogP contribution in [0.15, 0.2) is 47.3 Å². The Morgan fingerprint density at radius 3 is 2.74 bits per heavy atom. The zero-order valence-electron chi connectivity index (χ0n) is 12.9. The fraction of sp³-hybridized carbons (Fsp3) is 0.176. The topological polar surface area (TPSA) is 61.0 Å². The minimum atomic E-state index is -0.283. The van der Waals surface area contributed by atoms with E-state index in [4.69, 9.17) is 0 Å². The van der Waals surface area contributed by atoms with Gasteiger partial charge in [-0.25, -0.2) is 9.37 Å². The molecule has 0 bridgehead atoms. The van der Waals surface area contributed by atoms with E-state index in [0.29, 0.717) is 29.1 Å². The number of fused-ring (bicyclic) bond motifs is 1. The van der Waals surface area contributed by atoms with Crippen molar-refractivity contribution >= 4 is 22.5 Å². The summed E-state index contributed by atoms with van der Waals surface area (Å²) in [6.07, 6.45) is 0. The van der Waals surface area contributed by atoms with E-state index in [9.17, 15) is 9.18 Å². The van der Waals surface area contributed by atoms with Gasteiger partial charge in [-0.05, 0) is 29.8 Å². The number of para-hydroxylation sites is 1. The van der Waals surface area contributed by atoms with E-state index in [1.165, 1.54) is 6.07 Å². The molecule has 0 spiro atoms. The van der Waals surface area contributed by atoms with Crippen LogP contribution in [-0.2, 0) is 6.54 Å². The van der Waals surface area contributed by atoms with Crippen LogP contribution in [0.4, 0.5) is 16.0 Å². The van der Waals surface area contributed by atoms with E-state index in [-0.39, 0.29) is 11.4 Å². The molecule has 0 saturated carbocycles. The smallest absolute Gasteiger partial charge is 0.260 e. The second-order valence-electron chi connectivity index (χ2n) is 5.47. The number of nitrogens with one attached hydrogen (secondary N) is 2. The first-order chi connectivity index (χ1) is 11.0. The normalized spacial score (nSPS) is 10.7. The fourth-order valence-corrected chi connectivity index (χ4v) is 2.38. The van der Waals surface area contributed by atoms with Gasteiger partial charge in [0.05, 0.1) is 16.6 Å². The lowest BCUT2D eigenvalue weighted by atomic mass is 10.2. The zero-order chi connectivity index (χ0) is 16.4. The van der Waals surface area contributed by atoms with Gasteiger partial charge in [0.1, 0.15) is 5.82 Å². The van der Waals surface area contributed by atoms with Gasteiger partial charge in [0.2, 0.25) is 5.95 Å². The summed E-state index contributed by atoms with van der Waals surface area (Å²) in [5.41, 5.74) is 1.72. The highest BCUT2D eigenvalue weighted by molar-refractivity contribution is 5.78. The van der Waals surface area contributed by atoms with Crippen LogP contribution in [0.2, 0.25) is 0 Å². The molecule has 2 N–H and O–H groups in total. The molecule has 5 nitrogen and oxygen atoms in total. The molecule has 0 atom stereocenters. The summed E-state index contributed by atoms with van der Waals surface area (Å²) < 4.78 is 14.0. The quantitative estimate of drug-likeness (QED) is 0.777. The zero-order valence-corrected chi connectivity index (χ0v) is 12.9. The maximum absolute atomic E-state index is 14.0. The molecule has 23 heavy (non-hydrogen) atoms. The summed E-state index contributed by atoms with van der Waals surface area (Å²) in [4.78, 5) is 20.7.